The number of para-hydroxylation sites is 1. The molecule has 0 aliphatic rings. The van der Waals surface area contributed by atoms with Crippen LogP contribution in [0.5, 0.6) is 0 Å². The summed E-state index contributed by atoms with van der Waals surface area (Å²) >= 11 is 4.94. The van der Waals surface area contributed by atoms with Crippen molar-refractivity contribution in [3.05, 3.63) is 68.9 Å². The van der Waals surface area contributed by atoms with Crippen molar-refractivity contribution in [2.45, 2.75) is 37.9 Å². The molecule has 0 bridgehead atoms. The van der Waals surface area contributed by atoms with Crippen molar-refractivity contribution in [2.75, 3.05) is 5.75 Å². The van der Waals surface area contributed by atoms with Gasteiger partial charge in [-0.1, -0.05) is 58.9 Å². The van der Waals surface area contributed by atoms with Crippen LogP contribution in [0.2, 0.25) is 0 Å². The van der Waals surface area contributed by atoms with Crippen molar-refractivity contribution in [1.29, 1.82) is 0 Å². The summed E-state index contributed by atoms with van der Waals surface area (Å²) in [6.07, 6.45) is 2.05. The van der Waals surface area contributed by atoms with Crippen molar-refractivity contribution < 1.29 is 4.79 Å². The van der Waals surface area contributed by atoms with Crippen molar-refractivity contribution in [1.82, 2.24) is 19.2 Å². The summed E-state index contributed by atoms with van der Waals surface area (Å²) < 4.78 is 4.60. The van der Waals surface area contributed by atoms with Crippen LogP contribution in [-0.4, -0.2) is 30.7 Å². The van der Waals surface area contributed by atoms with Crippen LogP contribution in [0.4, 0.5) is 0 Å². The van der Waals surface area contributed by atoms with Crippen LogP contribution in [-0.2, 0) is 6.54 Å². The number of aromatic nitrogens is 4. The number of nitrogens with zero attached hydrogens (tertiary/aromatic N) is 4. The SMILES string of the molecule is CCCn1c(=O)c2ccccc2n2c(SCCCC(=O)c3ccc(Br)cc3)nnc12. The van der Waals surface area contributed by atoms with Gasteiger partial charge in [0.25, 0.3) is 5.56 Å². The predicted octanol–water partition coefficient (Wildman–Crippen LogP) is 4.97. The second-order valence-electron chi connectivity index (χ2n) is 6.97. The zero-order valence-electron chi connectivity index (χ0n) is 16.5. The van der Waals surface area contributed by atoms with E-state index < -0.39 is 0 Å². The molecule has 2 heterocycles. The molecule has 0 N–H and O–H groups in total. The van der Waals surface area contributed by atoms with Gasteiger partial charge in [-0.15, -0.1) is 10.2 Å². The highest BCUT2D eigenvalue weighted by Gasteiger charge is 2.16. The molecule has 0 saturated carbocycles. The van der Waals surface area contributed by atoms with Gasteiger partial charge >= 0.3 is 0 Å². The van der Waals surface area contributed by atoms with Crippen molar-refractivity contribution in [2.24, 2.45) is 0 Å². The number of halogens is 1. The zero-order chi connectivity index (χ0) is 21.1. The molecule has 0 atom stereocenters. The summed E-state index contributed by atoms with van der Waals surface area (Å²) in [6.45, 7) is 2.63. The Balaban J connectivity index is 1.54. The molecule has 0 unspecified atom stereocenters. The first-order valence-corrected chi connectivity index (χ1v) is 11.7. The number of carbonyl (C=O) groups is 1. The molecule has 0 aliphatic carbocycles. The third-order valence-corrected chi connectivity index (χ3v) is 6.41. The topological polar surface area (TPSA) is 69.3 Å². The summed E-state index contributed by atoms with van der Waals surface area (Å²) in [7, 11) is 0. The van der Waals surface area contributed by atoms with Crippen molar-refractivity contribution in [3.63, 3.8) is 0 Å². The first kappa shape index (κ1) is 20.8. The number of hydrogen-bond acceptors (Lipinski definition) is 5. The summed E-state index contributed by atoms with van der Waals surface area (Å²) in [4.78, 5) is 25.2. The van der Waals surface area contributed by atoms with Crippen LogP contribution in [0, 0.1) is 0 Å². The highest BCUT2D eigenvalue weighted by atomic mass is 79.9. The Morgan fingerprint density at radius 3 is 2.63 bits per heavy atom. The number of Topliss-reactive ketones (excluding diaryl/α,β-unsaturated/α-hetero) is 1. The molecule has 2 aromatic heterocycles. The van der Waals surface area contributed by atoms with Crippen LogP contribution in [0.25, 0.3) is 16.7 Å². The fourth-order valence-corrected chi connectivity index (χ4v) is 4.57. The van der Waals surface area contributed by atoms with E-state index in [1.54, 1.807) is 16.3 Å². The molecule has 4 aromatic rings. The molecule has 4 rings (SSSR count). The maximum Gasteiger partial charge on any atom is 0.262 e. The minimum atomic E-state index is -0.0380. The Hall–Kier alpha value is -2.45. The minimum Gasteiger partial charge on any atom is -0.294 e. The minimum absolute atomic E-state index is 0.0380. The lowest BCUT2D eigenvalue weighted by molar-refractivity contribution is 0.0982. The molecule has 2 aromatic carbocycles. The lowest BCUT2D eigenvalue weighted by atomic mass is 10.1. The van der Waals surface area contributed by atoms with Crippen LogP contribution in [0.1, 0.15) is 36.5 Å². The Morgan fingerprint density at radius 1 is 1.10 bits per heavy atom. The quantitative estimate of drug-likeness (QED) is 0.200. The summed E-state index contributed by atoms with van der Waals surface area (Å²) in [6, 6.07) is 15.0. The molecule has 0 saturated heterocycles. The smallest absolute Gasteiger partial charge is 0.262 e. The Kier molecular flexibility index (Phi) is 6.34. The summed E-state index contributed by atoms with van der Waals surface area (Å²) in [5.41, 5.74) is 1.50. The molecular weight excluding hydrogens is 464 g/mol. The average molecular weight is 485 g/mol. The van der Waals surface area contributed by atoms with E-state index in [0.717, 1.165) is 39.3 Å². The lowest BCUT2D eigenvalue weighted by Gasteiger charge is -2.10. The molecule has 0 aliphatic heterocycles. The Bertz CT molecular complexity index is 1260. The van der Waals surface area contributed by atoms with Gasteiger partial charge in [-0.25, -0.2) is 0 Å². The van der Waals surface area contributed by atoms with E-state index in [1.165, 1.54) is 0 Å². The molecule has 0 radical (unpaired) electrons. The van der Waals surface area contributed by atoms with E-state index in [4.69, 9.17) is 0 Å². The number of aryl methyl sites for hydroxylation is 1. The molecule has 6 nitrogen and oxygen atoms in total. The van der Waals surface area contributed by atoms with Crippen LogP contribution >= 0.6 is 27.7 Å². The summed E-state index contributed by atoms with van der Waals surface area (Å²) in [5, 5.41) is 10.0. The number of hydrogen-bond donors (Lipinski definition) is 0. The highest BCUT2D eigenvalue weighted by Crippen LogP contribution is 2.23. The molecule has 0 amide bonds. The Morgan fingerprint density at radius 2 is 1.87 bits per heavy atom. The van der Waals surface area contributed by atoms with Gasteiger partial charge in [0.2, 0.25) is 5.78 Å². The van der Waals surface area contributed by atoms with Gasteiger partial charge in [0, 0.05) is 28.8 Å². The molecular formula is C22H21BrN4O2S. The number of fused-ring (bicyclic) bond motifs is 3. The van der Waals surface area contributed by atoms with E-state index in [-0.39, 0.29) is 11.3 Å². The number of thioether (sulfide) groups is 1. The first-order chi connectivity index (χ1) is 14.6. The van der Waals surface area contributed by atoms with Gasteiger partial charge < -0.3 is 0 Å². The van der Waals surface area contributed by atoms with Crippen LogP contribution in [0.15, 0.2) is 63.0 Å². The van der Waals surface area contributed by atoms with Gasteiger partial charge in [-0.2, -0.15) is 0 Å². The molecule has 0 fully saturated rings. The monoisotopic (exact) mass is 484 g/mol. The lowest BCUT2D eigenvalue weighted by Crippen LogP contribution is -2.23. The van der Waals surface area contributed by atoms with Gasteiger partial charge in [-0.3, -0.25) is 18.6 Å². The largest absolute Gasteiger partial charge is 0.294 e. The van der Waals surface area contributed by atoms with Gasteiger partial charge in [0.05, 0.1) is 10.9 Å². The van der Waals surface area contributed by atoms with Crippen LogP contribution in [0.3, 0.4) is 0 Å². The molecule has 30 heavy (non-hydrogen) atoms. The summed E-state index contributed by atoms with van der Waals surface area (Å²) in [5.74, 6) is 1.44. The van der Waals surface area contributed by atoms with E-state index >= 15 is 0 Å². The van der Waals surface area contributed by atoms with E-state index in [1.807, 2.05) is 59.9 Å². The van der Waals surface area contributed by atoms with Crippen molar-refractivity contribution in [3.8, 4) is 0 Å². The maximum atomic E-state index is 12.9. The predicted molar refractivity (Wildman–Crippen MR) is 123 cm³/mol. The fraction of sp³-hybridized carbons (Fsp3) is 0.273. The van der Waals surface area contributed by atoms with E-state index in [2.05, 4.69) is 26.1 Å². The maximum absolute atomic E-state index is 12.9. The van der Waals surface area contributed by atoms with E-state index in [9.17, 15) is 9.59 Å². The standard InChI is InChI=1S/C22H21BrN4O2S/c1-2-13-26-20(29)17-6-3-4-7-18(17)27-21(26)24-25-22(27)30-14-5-8-19(28)15-9-11-16(23)12-10-15/h3-4,6-7,9-12H,2,5,8,13-14H2,1H3. The van der Waals surface area contributed by atoms with Gasteiger partial charge in [0.1, 0.15) is 0 Å². The highest BCUT2D eigenvalue weighted by molar-refractivity contribution is 9.10. The normalized spacial score (nSPS) is 11.4. The molecule has 154 valence electrons. The van der Waals surface area contributed by atoms with Gasteiger partial charge in [-0.05, 0) is 37.1 Å². The zero-order valence-corrected chi connectivity index (χ0v) is 18.9. The number of ketones is 1. The van der Waals surface area contributed by atoms with Gasteiger partial charge in [0.15, 0.2) is 10.9 Å². The number of benzene rings is 2. The van der Waals surface area contributed by atoms with Crippen LogP contribution < -0.4 is 5.56 Å². The fourth-order valence-electron chi connectivity index (χ4n) is 3.43. The number of carbonyl (C=O) groups excluding carboxylic acids is 1. The third-order valence-electron chi connectivity index (χ3n) is 4.87. The average Bonchev–Trinajstić information content (AvgIpc) is 3.18. The third kappa shape index (κ3) is 4.06. The van der Waals surface area contributed by atoms with Crippen molar-refractivity contribution >= 4 is 50.2 Å². The second-order valence-corrected chi connectivity index (χ2v) is 8.95. The number of rotatable bonds is 8. The Labute approximate surface area is 186 Å². The second kappa shape index (κ2) is 9.14. The first-order valence-electron chi connectivity index (χ1n) is 9.88. The molecule has 8 heteroatoms. The van der Waals surface area contributed by atoms with E-state index in [0.29, 0.717) is 24.1 Å². The molecule has 0 spiro atoms.